The number of rotatable bonds is 4. The summed E-state index contributed by atoms with van der Waals surface area (Å²) in [7, 11) is 3.42. The van der Waals surface area contributed by atoms with E-state index in [-0.39, 0.29) is 17.2 Å². The molecule has 0 aliphatic carbocycles. The highest BCUT2D eigenvalue weighted by Gasteiger charge is 2.45. The monoisotopic (exact) mass is 372 g/mol. The molecule has 3 rings (SSSR count). The first-order valence-electron chi connectivity index (χ1n) is 8.44. The fourth-order valence-electron chi connectivity index (χ4n) is 3.16. The van der Waals surface area contributed by atoms with Crippen LogP contribution < -0.4 is 15.4 Å². The number of phenols is 1. The van der Waals surface area contributed by atoms with Gasteiger partial charge in [-0.2, -0.15) is 0 Å². The van der Waals surface area contributed by atoms with E-state index in [1.165, 1.54) is 12.1 Å². The van der Waals surface area contributed by atoms with Gasteiger partial charge in [0.15, 0.2) is 0 Å². The lowest BCUT2D eigenvalue weighted by Crippen LogP contribution is -2.37. The van der Waals surface area contributed by atoms with Crippen LogP contribution in [0.1, 0.15) is 29.3 Å². The van der Waals surface area contributed by atoms with Gasteiger partial charge in [0.25, 0.3) is 0 Å². The van der Waals surface area contributed by atoms with Crippen molar-refractivity contribution in [3.8, 4) is 11.5 Å². The number of carbonyl (C=O) groups excluding carboxylic acids is 1. The van der Waals surface area contributed by atoms with Crippen molar-refractivity contribution >= 4 is 17.6 Å². The van der Waals surface area contributed by atoms with Crippen molar-refractivity contribution < 1.29 is 24.5 Å². The van der Waals surface area contributed by atoms with Gasteiger partial charge in [-0.15, -0.1) is 0 Å². The molecular weight excluding hydrogens is 348 g/mol. The summed E-state index contributed by atoms with van der Waals surface area (Å²) in [4.78, 5) is 24.3. The molecule has 1 aliphatic rings. The molecule has 0 bridgehead atoms. The summed E-state index contributed by atoms with van der Waals surface area (Å²) in [6.07, 6.45) is 0.662. The van der Waals surface area contributed by atoms with Crippen molar-refractivity contribution in [3.63, 3.8) is 0 Å². The molecule has 4 N–H and O–H groups in total. The Labute approximate surface area is 158 Å². The molecule has 7 heteroatoms. The second kappa shape index (κ2) is 8.09. The molecule has 0 saturated heterocycles. The third kappa shape index (κ3) is 3.88. The van der Waals surface area contributed by atoms with Crippen LogP contribution in [0.25, 0.3) is 0 Å². The van der Waals surface area contributed by atoms with E-state index in [1.807, 2.05) is 25.1 Å². The molecule has 0 radical (unpaired) electrons. The van der Waals surface area contributed by atoms with Crippen LogP contribution >= 0.6 is 0 Å². The maximum atomic E-state index is 12.3. The molecule has 2 aromatic rings. The Bertz CT molecular complexity index is 852. The van der Waals surface area contributed by atoms with Crippen LogP contribution in [0, 0.1) is 0 Å². The van der Waals surface area contributed by atoms with Gasteiger partial charge in [-0.3, -0.25) is 4.79 Å². The third-order valence-corrected chi connectivity index (χ3v) is 4.72. The lowest BCUT2D eigenvalue weighted by Gasteiger charge is -2.22. The molecule has 2 aromatic carbocycles. The minimum absolute atomic E-state index is 0.0671. The van der Waals surface area contributed by atoms with Crippen molar-refractivity contribution in [3.05, 3.63) is 53.6 Å². The first-order chi connectivity index (χ1) is 12.8. The Balaban J connectivity index is 0.000000223. The lowest BCUT2D eigenvalue weighted by atomic mass is 9.81. The van der Waals surface area contributed by atoms with Gasteiger partial charge in [-0.25, -0.2) is 4.79 Å². The van der Waals surface area contributed by atoms with E-state index in [2.05, 4.69) is 0 Å². The zero-order chi connectivity index (χ0) is 20.2. The summed E-state index contributed by atoms with van der Waals surface area (Å²) in [6.45, 7) is 2.46. The highest BCUT2D eigenvalue weighted by molar-refractivity contribution is 6.07. The van der Waals surface area contributed by atoms with Crippen LogP contribution in [0.15, 0.2) is 42.5 Å². The van der Waals surface area contributed by atoms with E-state index in [1.54, 1.807) is 31.2 Å². The standard InChI is InChI=1S/C13H18N2O2.C7H6O3/c1-13(6-7-14)10-5-4-9(17-3)8-11(10)15(2)12(13)16;8-6-4-2-1-3-5(6)7(9)10/h4-5,8H,6-7,14H2,1-3H3;1-4,8H,(H,9,10). The normalized spacial score (nSPS) is 17.8. The number of methoxy groups -OCH3 is 1. The summed E-state index contributed by atoms with van der Waals surface area (Å²) >= 11 is 0. The SMILES string of the molecule is COc1ccc2c(c1)N(C)C(=O)C2(C)CCN.O=C(O)c1ccccc1O. The average molecular weight is 372 g/mol. The molecule has 0 spiro atoms. The van der Waals surface area contributed by atoms with Crippen LogP contribution in [0.3, 0.4) is 0 Å². The Hall–Kier alpha value is -3.06. The number of carboxylic acid groups (broad SMARTS) is 1. The van der Waals surface area contributed by atoms with Crippen LogP contribution in [0.4, 0.5) is 5.69 Å². The quantitative estimate of drug-likeness (QED) is 0.759. The van der Waals surface area contributed by atoms with Gasteiger partial charge in [0.05, 0.1) is 18.2 Å². The number of hydrogen-bond acceptors (Lipinski definition) is 5. The molecule has 1 aliphatic heterocycles. The summed E-state index contributed by atoms with van der Waals surface area (Å²) in [6, 6.07) is 11.6. The second-order valence-electron chi connectivity index (χ2n) is 6.44. The van der Waals surface area contributed by atoms with Gasteiger partial charge in [0, 0.05) is 13.1 Å². The Kier molecular flexibility index (Phi) is 6.07. The van der Waals surface area contributed by atoms with Crippen LogP contribution in [-0.2, 0) is 10.2 Å². The summed E-state index contributed by atoms with van der Waals surface area (Å²) in [5, 5.41) is 17.3. The Morgan fingerprint density at radius 3 is 2.44 bits per heavy atom. The molecule has 0 saturated carbocycles. The summed E-state index contributed by atoms with van der Waals surface area (Å²) < 4.78 is 5.19. The Morgan fingerprint density at radius 2 is 1.93 bits per heavy atom. The predicted molar refractivity (Wildman–Crippen MR) is 102 cm³/mol. The number of aromatic carboxylic acids is 1. The second-order valence-corrected chi connectivity index (χ2v) is 6.44. The van der Waals surface area contributed by atoms with E-state index in [4.69, 9.17) is 20.7 Å². The number of nitrogens with zero attached hydrogens (tertiary/aromatic N) is 1. The smallest absolute Gasteiger partial charge is 0.339 e. The van der Waals surface area contributed by atoms with Crippen LogP contribution in [-0.4, -0.2) is 42.8 Å². The number of para-hydroxylation sites is 1. The van der Waals surface area contributed by atoms with Crippen LogP contribution in [0.5, 0.6) is 11.5 Å². The highest BCUT2D eigenvalue weighted by Crippen LogP contribution is 2.44. The first-order valence-corrected chi connectivity index (χ1v) is 8.44. The molecule has 1 unspecified atom stereocenters. The average Bonchev–Trinajstić information content (AvgIpc) is 2.84. The Morgan fingerprint density at radius 1 is 1.26 bits per heavy atom. The fraction of sp³-hybridized carbons (Fsp3) is 0.300. The van der Waals surface area contributed by atoms with Crippen molar-refractivity contribution in [1.29, 1.82) is 0 Å². The van der Waals surface area contributed by atoms with E-state index >= 15 is 0 Å². The molecule has 7 nitrogen and oxygen atoms in total. The van der Waals surface area contributed by atoms with Gasteiger partial charge in [0.1, 0.15) is 17.1 Å². The number of benzene rings is 2. The maximum Gasteiger partial charge on any atom is 0.339 e. The number of likely N-dealkylation sites (N-methyl/N-ethyl adjacent to an activating group) is 1. The van der Waals surface area contributed by atoms with Gasteiger partial charge in [0.2, 0.25) is 5.91 Å². The molecule has 0 aromatic heterocycles. The minimum Gasteiger partial charge on any atom is -0.507 e. The topological polar surface area (TPSA) is 113 Å². The van der Waals surface area contributed by atoms with Crippen molar-refractivity contribution in [1.82, 2.24) is 0 Å². The fourth-order valence-corrected chi connectivity index (χ4v) is 3.16. The molecule has 144 valence electrons. The third-order valence-electron chi connectivity index (χ3n) is 4.72. The minimum atomic E-state index is -1.11. The van der Waals surface area contributed by atoms with Gasteiger partial charge in [-0.05, 0) is 43.7 Å². The maximum absolute atomic E-state index is 12.3. The molecule has 0 fully saturated rings. The molecule has 1 heterocycles. The molecule has 1 atom stereocenters. The number of carbonyl (C=O) groups is 2. The number of carboxylic acids is 1. The largest absolute Gasteiger partial charge is 0.507 e. The van der Waals surface area contributed by atoms with Crippen molar-refractivity contribution in [2.24, 2.45) is 5.73 Å². The molecule has 27 heavy (non-hydrogen) atoms. The zero-order valence-corrected chi connectivity index (χ0v) is 15.6. The van der Waals surface area contributed by atoms with E-state index in [0.717, 1.165) is 17.0 Å². The van der Waals surface area contributed by atoms with Crippen molar-refractivity contribution in [2.45, 2.75) is 18.8 Å². The van der Waals surface area contributed by atoms with E-state index in [0.29, 0.717) is 13.0 Å². The predicted octanol–water partition coefficient (Wildman–Crippen LogP) is 2.37. The zero-order valence-electron chi connectivity index (χ0n) is 15.6. The summed E-state index contributed by atoms with van der Waals surface area (Å²) in [5.74, 6) is -0.445. The van der Waals surface area contributed by atoms with Gasteiger partial charge < -0.3 is 25.6 Å². The number of hydrogen-bond donors (Lipinski definition) is 3. The van der Waals surface area contributed by atoms with Crippen LogP contribution in [0.2, 0.25) is 0 Å². The number of fused-ring (bicyclic) bond motifs is 1. The number of nitrogens with two attached hydrogens (primary N) is 1. The molecule has 1 amide bonds. The first kappa shape index (κ1) is 20.3. The number of anilines is 1. The van der Waals surface area contributed by atoms with E-state index < -0.39 is 11.4 Å². The van der Waals surface area contributed by atoms with E-state index in [9.17, 15) is 9.59 Å². The number of amides is 1. The number of ether oxygens (including phenoxy) is 1. The number of aromatic hydroxyl groups is 1. The van der Waals surface area contributed by atoms with Gasteiger partial charge in [-0.1, -0.05) is 18.2 Å². The van der Waals surface area contributed by atoms with Crippen molar-refractivity contribution in [2.75, 3.05) is 25.6 Å². The van der Waals surface area contributed by atoms with Gasteiger partial charge >= 0.3 is 5.97 Å². The summed E-state index contributed by atoms with van der Waals surface area (Å²) in [5.41, 5.74) is 7.02. The molecular formula is C20H24N2O5. The lowest BCUT2D eigenvalue weighted by molar-refractivity contribution is -0.122. The highest BCUT2D eigenvalue weighted by atomic mass is 16.5.